The molecule has 0 aliphatic carbocycles. The number of aliphatic hydroxyl groups excluding tert-OH is 1. The molecule has 0 fully saturated rings. The first-order chi connectivity index (χ1) is 8.39. The van der Waals surface area contributed by atoms with E-state index in [0.717, 1.165) is 6.07 Å². The highest BCUT2D eigenvalue weighted by Crippen LogP contribution is 2.33. The second-order valence-electron chi connectivity index (χ2n) is 3.70. The number of benzene rings is 1. The summed E-state index contributed by atoms with van der Waals surface area (Å²) in [5, 5.41) is 9.79. The Morgan fingerprint density at radius 3 is 2.33 bits per heavy atom. The molecule has 0 aliphatic heterocycles. The van der Waals surface area contributed by atoms with Crippen LogP contribution in [0.4, 0.5) is 17.6 Å². The van der Waals surface area contributed by atoms with Gasteiger partial charge in [-0.3, -0.25) is 0 Å². The van der Waals surface area contributed by atoms with Crippen LogP contribution in [-0.4, -0.2) is 5.11 Å². The van der Waals surface area contributed by atoms with E-state index in [1.807, 2.05) is 0 Å². The van der Waals surface area contributed by atoms with E-state index in [1.54, 1.807) is 0 Å². The lowest BCUT2D eigenvalue weighted by Gasteiger charge is -2.12. The Labute approximate surface area is 99.5 Å². The van der Waals surface area contributed by atoms with Crippen molar-refractivity contribution >= 4 is 0 Å². The summed E-state index contributed by atoms with van der Waals surface area (Å²) in [5.74, 6) is -1.41. The zero-order chi connectivity index (χ0) is 13.3. The van der Waals surface area contributed by atoms with Crippen LogP contribution in [0.2, 0.25) is 0 Å². The van der Waals surface area contributed by atoms with Crippen molar-refractivity contribution in [2.75, 3.05) is 0 Å². The summed E-state index contributed by atoms with van der Waals surface area (Å²) in [6, 6.07) is 3.75. The summed E-state index contributed by atoms with van der Waals surface area (Å²) in [5.41, 5.74) is -0.985. The molecule has 0 amide bonds. The molecule has 0 radical (unpaired) electrons. The van der Waals surface area contributed by atoms with E-state index in [2.05, 4.69) is 0 Å². The van der Waals surface area contributed by atoms with Crippen molar-refractivity contribution in [1.82, 2.24) is 0 Å². The maximum Gasteiger partial charge on any atom is 0.419 e. The van der Waals surface area contributed by atoms with Gasteiger partial charge < -0.3 is 9.52 Å². The molecule has 96 valence electrons. The third-order valence-electron chi connectivity index (χ3n) is 2.47. The molecule has 1 aromatic carbocycles. The van der Waals surface area contributed by atoms with Gasteiger partial charge >= 0.3 is 6.18 Å². The Kier molecular flexibility index (Phi) is 3.13. The third kappa shape index (κ3) is 2.38. The number of hydrogen-bond acceptors (Lipinski definition) is 2. The predicted molar refractivity (Wildman–Crippen MR) is 54.2 cm³/mol. The van der Waals surface area contributed by atoms with E-state index in [0.29, 0.717) is 17.7 Å². The highest BCUT2D eigenvalue weighted by Gasteiger charge is 2.34. The first-order valence-electron chi connectivity index (χ1n) is 4.96. The molecule has 18 heavy (non-hydrogen) atoms. The molecule has 2 rings (SSSR count). The largest absolute Gasteiger partial charge is 0.472 e. The van der Waals surface area contributed by atoms with E-state index in [1.165, 1.54) is 18.6 Å². The zero-order valence-electron chi connectivity index (χ0n) is 8.91. The average Bonchev–Trinajstić information content (AvgIpc) is 2.79. The Morgan fingerprint density at radius 2 is 1.83 bits per heavy atom. The summed E-state index contributed by atoms with van der Waals surface area (Å²) < 4.78 is 55.0. The maximum absolute atomic E-state index is 13.3. The van der Waals surface area contributed by atoms with Gasteiger partial charge in [-0.05, 0) is 23.8 Å². The average molecular weight is 260 g/mol. The molecule has 2 aromatic rings. The van der Waals surface area contributed by atoms with Gasteiger partial charge in [0.2, 0.25) is 0 Å². The van der Waals surface area contributed by atoms with Gasteiger partial charge in [-0.15, -0.1) is 0 Å². The van der Waals surface area contributed by atoms with E-state index in [-0.39, 0.29) is 5.56 Å². The second-order valence-corrected chi connectivity index (χ2v) is 3.70. The standard InChI is InChI=1S/C12H8F4O2/c13-10-5-7(1-2-9(10)12(14,15)16)11(17)8-3-4-18-6-8/h1-6,11,17H. The van der Waals surface area contributed by atoms with Crippen LogP contribution in [0.25, 0.3) is 0 Å². The fourth-order valence-electron chi connectivity index (χ4n) is 1.55. The van der Waals surface area contributed by atoms with Crippen molar-refractivity contribution in [2.45, 2.75) is 12.3 Å². The quantitative estimate of drug-likeness (QED) is 0.838. The zero-order valence-corrected chi connectivity index (χ0v) is 8.91. The number of furan rings is 1. The van der Waals surface area contributed by atoms with Crippen molar-refractivity contribution in [1.29, 1.82) is 0 Å². The second kappa shape index (κ2) is 4.45. The minimum absolute atomic E-state index is 0.0295. The molecule has 0 bridgehead atoms. The summed E-state index contributed by atoms with van der Waals surface area (Å²) >= 11 is 0. The Hall–Kier alpha value is -1.82. The highest BCUT2D eigenvalue weighted by atomic mass is 19.4. The fraction of sp³-hybridized carbons (Fsp3) is 0.167. The molecule has 0 saturated carbocycles. The maximum atomic E-state index is 13.3. The van der Waals surface area contributed by atoms with Gasteiger partial charge in [0.05, 0.1) is 18.1 Å². The number of halogens is 4. The topological polar surface area (TPSA) is 33.4 Å². The smallest absolute Gasteiger partial charge is 0.419 e. The number of hydrogen-bond donors (Lipinski definition) is 1. The number of aliphatic hydroxyl groups is 1. The highest BCUT2D eigenvalue weighted by molar-refractivity contribution is 5.32. The summed E-state index contributed by atoms with van der Waals surface area (Å²) in [4.78, 5) is 0. The molecular formula is C12H8F4O2. The van der Waals surface area contributed by atoms with E-state index in [9.17, 15) is 22.7 Å². The molecule has 6 heteroatoms. The van der Waals surface area contributed by atoms with E-state index in [4.69, 9.17) is 4.42 Å². The molecule has 0 aliphatic rings. The van der Waals surface area contributed by atoms with Crippen molar-refractivity contribution < 1.29 is 27.1 Å². The lowest BCUT2D eigenvalue weighted by Crippen LogP contribution is -2.09. The number of rotatable bonds is 2. The van der Waals surface area contributed by atoms with Gasteiger partial charge in [0.1, 0.15) is 11.9 Å². The lowest BCUT2D eigenvalue weighted by molar-refractivity contribution is -0.140. The molecule has 0 spiro atoms. The van der Waals surface area contributed by atoms with Crippen LogP contribution < -0.4 is 0 Å². The summed E-state index contributed by atoms with van der Waals surface area (Å²) in [7, 11) is 0. The van der Waals surface area contributed by atoms with Gasteiger partial charge in [0.25, 0.3) is 0 Å². The van der Waals surface area contributed by atoms with Crippen molar-refractivity contribution in [3.05, 3.63) is 59.3 Å². The van der Waals surface area contributed by atoms with Crippen LogP contribution in [0.5, 0.6) is 0 Å². The third-order valence-corrected chi connectivity index (χ3v) is 2.47. The van der Waals surface area contributed by atoms with Gasteiger partial charge in [0, 0.05) is 5.56 Å². The molecule has 1 unspecified atom stereocenters. The molecule has 1 atom stereocenters. The number of alkyl halides is 3. The Morgan fingerprint density at radius 1 is 1.11 bits per heavy atom. The van der Waals surface area contributed by atoms with Crippen molar-refractivity contribution in [3.8, 4) is 0 Å². The lowest BCUT2D eigenvalue weighted by atomic mass is 10.0. The van der Waals surface area contributed by atoms with Crippen molar-refractivity contribution in [3.63, 3.8) is 0 Å². The Balaban J connectivity index is 2.35. The van der Waals surface area contributed by atoms with Crippen LogP contribution in [0, 0.1) is 5.82 Å². The van der Waals surface area contributed by atoms with Crippen LogP contribution in [-0.2, 0) is 6.18 Å². The van der Waals surface area contributed by atoms with Crippen molar-refractivity contribution in [2.24, 2.45) is 0 Å². The van der Waals surface area contributed by atoms with Crippen LogP contribution in [0.1, 0.15) is 22.8 Å². The van der Waals surface area contributed by atoms with Gasteiger partial charge in [-0.1, -0.05) is 6.07 Å². The summed E-state index contributed by atoms with van der Waals surface area (Å²) in [6.45, 7) is 0. The SMILES string of the molecule is OC(c1ccoc1)c1ccc(C(F)(F)F)c(F)c1. The molecule has 1 heterocycles. The molecule has 0 saturated heterocycles. The van der Waals surface area contributed by atoms with E-state index < -0.39 is 23.7 Å². The first-order valence-corrected chi connectivity index (χ1v) is 4.96. The van der Waals surface area contributed by atoms with Gasteiger partial charge in [-0.2, -0.15) is 13.2 Å². The minimum Gasteiger partial charge on any atom is -0.472 e. The van der Waals surface area contributed by atoms with Crippen LogP contribution in [0.3, 0.4) is 0 Å². The monoisotopic (exact) mass is 260 g/mol. The molecule has 1 N–H and O–H groups in total. The fourth-order valence-corrected chi connectivity index (χ4v) is 1.55. The molecule has 1 aromatic heterocycles. The van der Waals surface area contributed by atoms with Crippen LogP contribution >= 0.6 is 0 Å². The first kappa shape index (κ1) is 12.6. The van der Waals surface area contributed by atoms with E-state index >= 15 is 0 Å². The predicted octanol–water partition coefficient (Wildman–Crippen LogP) is 3.52. The van der Waals surface area contributed by atoms with Gasteiger partial charge in [-0.25, -0.2) is 4.39 Å². The van der Waals surface area contributed by atoms with Gasteiger partial charge in [0.15, 0.2) is 0 Å². The molecule has 2 nitrogen and oxygen atoms in total. The molecular weight excluding hydrogens is 252 g/mol. The normalized spacial score (nSPS) is 13.6. The minimum atomic E-state index is -4.75. The summed E-state index contributed by atoms with van der Waals surface area (Å²) in [6.07, 6.45) is -3.43. The Bertz CT molecular complexity index is 532. The van der Waals surface area contributed by atoms with Crippen LogP contribution in [0.15, 0.2) is 41.2 Å².